The number of nitrogens with one attached hydrogen (secondary N) is 1. The first-order valence-electron chi connectivity index (χ1n) is 7.87. The molecule has 1 heterocycles. The molecule has 120 valence electrons. The number of hydrogen-bond donors (Lipinski definition) is 2. The zero-order valence-corrected chi connectivity index (χ0v) is 13.2. The van der Waals surface area contributed by atoms with Crippen molar-refractivity contribution in [2.24, 2.45) is 5.41 Å². The lowest BCUT2D eigenvalue weighted by molar-refractivity contribution is -0.0307. The van der Waals surface area contributed by atoms with Gasteiger partial charge in [0.15, 0.2) is 0 Å². The molecule has 0 amide bonds. The van der Waals surface area contributed by atoms with E-state index in [1.807, 2.05) is 0 Å². The van der Waals surface area contributed by atoms with Crippen molar-refractivity contribution in [1.29, 1.82) is 0 Å². The van der Waals surface area contributed by atoms with Gasteiger partial charge < -0.3 is 19.9 Å². The highest BCUT2D eigenvalue weighted by molar-refractivity contribution is 4.87. The normalized spacial score (nSPS) is 23.4. The van der Waals surface area contributed by atoms with Crippen molar-refractivity contribution in [3.63, 3.8) is 0 Å². The molecule has 1 fully saturated rings. The van der Waals surface area contributed by atoms with E-state index in [1.165, 1.54) is 6.42 Å². The Kier molecular flexibility index (Phi) is 9.39. The minimum absolute atomic E-state index is 0.177. The molecule has 0 saturated carbocycles. The van der Waals surface area contributed by atoms with Gasteiger partial charge in [-0.1, -0.05) is 6.92 Å². The quantitative estimate of drug-likeness (QED) is 0.549. The van der Waals surface area contributed by atoms with Gasteiger partial charge in [-0.2, -0.15) is 0 Å². The van der Waals surface area contributed by atoms with E-state index in [4.69, 9.17) is 9.47 Å². The average molecular weight is 288 g/mol. The Hall–Kier alpha value is -0.200. The first kappa shape index (κ1) is 17.9. The predicted octanol–water partition coefficient (Wildman–Crippen LogP) is 0.724. The van der Waals surface area contributed by atoms with E-state index >= 15 is 0 Å². The van der Waals surface area contributed by atoms with Gasteiger partial charge >= 0.3 is 0 Å². The fourth-order valence-electron chi connectivity index (χ4n) is 2.87. The van der Waals surface area contributed by atoms with Crippen LogP contribution in [0.1, 0.15) is 26.2 Å². The van der Waals surface area contributed by atoms with Gasteiger partial charge in [0.1, 0.15) is 0 Å². The first-order valence-corrected chi connectivity index (χ1v) is 7.87. The molecule has 0 aliphatic carbocycles. The largest absolute Gasteiger partial charge is 0.395 e. The van der Waals surface area contributed by atoms with Crippen LogP contribution in [0.3, 0.4) is 0 Å². The molecule has 1 aliphatic rings. The molecule has 0 aromatic rings. The highest BCUT2D eigenvalue weighted by atomic mass is 16.5. The van der Waals surface area contributed by atoms with Crippen molar-refractivity contribution in [3.05, 3.63) is 0 Å². The number of nitrogens with zero attached hydrogens (tertiary/aromatic N) is 1. The Balaban J connectivity index is 2.55. The standard InChI is InChI=1S/C15H32N2O3/c1-3-6-16-12-15(5-4-10-20-14-15)13-17(7-9-18)8-11-19-2/h16,18H,3-14H2,1-2H3. The monoisotopic (exact) mass is 288 g/mol. The van der Waals surface area contributed by atoms with Crippen LogP contribution in [0.4, 0.5) is 0 Å². The summed E-state index contributed by atoms with van der Waals surface area (Å²) in [6, 6.07) is 0. The summed E-state index contributed by atoms with van der Waals surface area (Å²) in [6.07, 6.45) is 3.48. The van der Waals surface area contributed by atoms with Gasteiger partial charge in [0.25, 0.3) is 0 Å². The molecule has 5 heteroatoms. The van der Waals surface area contributed by atoms with Crippen molar-refractivity contribution in [1.82, 2.24) is 10.2 Å². The molecule has 0 spiro atoms. The lowest BCUT2D eigenvalue weighted by Gasteiger charge is -2.41. The van der Waals surface area contributed by atoms with E-state index < -0.39 is 0 Å². The Labute approximate surface area is 123 Å². The van der Waals surface area contributed by atoms with E-state index in [0.717, 1.165) is 52.2 Å². The zero-order valence-electron chi connectivity index (χ0n) is 13.2. The minimum Gasteiger partial charge on any atom is -0.395 e. The van der Waals surface area contributed by atoms with Crippen LogP contribution in [0, 0.1) is 5.41 Å². The Morgan fingerprint density at radius 1 is 1.40 bits per heavy atom. The fourth-order valence-corrected chi connectivity index (χ4v) is 2.87. The van der Waals surface area contributed by atoms with Crippen LogP contribution >= 0.6 is 0 Å². The maximum absolute atomic E-state index is 9.23. The SMILES string of the molecule is CCCNCC1(CN(CCO)CCOC)CCCOC1. The van der Waals surface area contributed by atoms with Gasteiger partial charge in [-0.05, 0) is 25.8 Å². The summed E-state index contributed by atoms with van der Waals surface area (Å²) >= 11 is 0. The zero-order chi connectivity index (χ0) is 14.7. The average Bonchev–Trinajstić information content (AvgIpc) is 2.46. The second-order valence-electron chi connectivity index (χ2n) is 5.83. The highest BCUT2D eigenvalue weighted by Crippen LogP contribution is 2.29. The van der Waals surface area contributed by atoms with Crippen LogP contribution in [-0.4, -0.2) is 76.3 Å². The summed E-state index contributed by atoms with van der Waals surface area (Å²) < 4.78 is 10.9. The van der Waals surface area contributed by atoms with Crippen LogP contribution in [0.2, 0.25) is 0 Å². The van der Waals surface area contributed by atoms with Crippen LogP contribution in [0.25, 0.3) is 0 Å². The van der Waals surface area contributed by atoms with Crippen molar-refractivity contribution < 1.29 is 14.6 Å². The second-order valence-corrected chi connectivity index (χ2v) is 5.83. The molecule has 5 nitrogen and oxygen atoms in total. The van der Waals surface area contributed by atoms with Gasteiger partial charge in [0, 0.05) is 45.3 Å². The number of hydrogen-bond acceptors (Lipinski definition) is 5. The summed E-state index contributed by atoms with van der Waals surface area (Å²) in [5, 5.41) is 12.8. The molecule has 1 rings (SSSR count). The lowest BCUT2D eigenvalue weighted by Crippen LogP contribution is -2.50. The van der Waals surface area contributed by atoms with Gasteiger partial charge in [-0.15, -0.1) is 0 Å². The Bertz CT molecular complexity index is 233. The number of rotatable bonds is 11. The van der Waals surface area contributed by atoms with Crippen molar-refractivity contribution in [2.45, 2.75) is 26.2 Å². The molecule has 20 heavy (non-hydrogen) atoms. The summed E-state index contributed by atoms with van der Waals surface area (Å²) in [6.45, 7) is 9.39. The van der Waals surface area contributed by atoms with Gasteiger partial charge in [0.05, 0.1) is 19.8 Å². The number of ether oxygens (including phenoxy) is 2. The molecule has 0 radical (unpaired) electrons. The molecule has 2 N–H and O–H groups in total. The summed E-state index contributed by atoms with van der Waals surface area (Å²) in [5.74, 6) is 0. The lowest BCUT2D eigenvalue weighted by atomic mass is 9.81. The topological polar surface area (TPSA) is 54.0 Å². The van der Waals surface area contributed by atoms with E-state index in [-0.39, 0.29) is 12.0 Å². The van der Waals surface area contributed by atoms with E-state index in [1.54, 1.807) is 7.11 Å². The van der Waals surface area contributed by atoms with Crippen molar-refractivity contribution >= 4 is 0 Å². The van der Waals surface area contributed by atoms with Gasteiger partial charge in [0.2, 0.25) is 0 Å². The van der Waals surface area contributed by atoms with Gasteiger partial charge in [-0.25, -0.2) is 0 Å². The summed E-state index contributed by atoms with van der Waals surface area (Å²) in [7, 11) is 1.72. The second kappa shape index (κ2) is 10.5. The van der Waals surface area contributed by atoms with Crippen molar-refractivity contribution in [3.8, 4) is 0 Å². The molecule has 1 saturated heterocycles. The Morgan fingerprint density at radius 3 is 2.85 bits per heavy atom. The van der Waals surface area contributed by atoms with Crippen molar-refractivity contribution in [2.75, 3.05) is 66.3 Å². The number of aliphatic hydroxyl groups is 1. The third kappa shape index (κ3) is 6.50. The summed E-state index contributed by atoms with van der Waals surface area (Å²) in [4.78, 5) is 2.30. The maximum atomic E-state index is 9.23. The molecule has 0 aromatic heterocycles. The molecule has 0 aromatic carbocycles. The fraction of sp³-hybridized carbons (Fsp3) is 1.00. The predicted molar refractivity (Wildman–Crippen MR) is 81.0 cm³/mol. The maximum Gasteiger partial charge on any atom is 0.0589 e. The highest BCUT2D eigenvalue weighted by Gasteiger charge is 2.34. The van der Waals surface area contributed by atoms with E-state index in [2.05, 4.69) is 17.1 Å². The minimum atomic E-state index is 0.177. The van der Waals surface area contributed by atoms with E-state index in [0.29, 0.717) is 13.2 Å². The van der Waals surface area contributed by atoms with Crippen LogP contribution in [0.15, 0.2) is 0 Å². The van der Waals surface area contributed by atoms with Gasteiger partial charge in [-0.3, -0.25) is 4.90 Å². The van der Waals surface area contributed by atoms with E-state index in [9.17, 15) is 5.11 Å². The third-order valence-corrected chi connectivity index (χ3v) is 3.92. The molecular formula is C15H32N2O3. The van der Waals surface area contributed by atoms with Crippen LogP contribution in [-0.2, 0) is 9.47 Å². The molecule has 0 bridgehead atoms. The molecule has 1 unspecified atom stereocenters. The first-order chi connectivity index (χ1) is 9.76. The third-order valence-electron chi connectivity index (χ3n) is 3.92. The number of aliphatic hydroxyl groups excluding tert-OH is 1. The smallest absolute Gasteiger partial charge is 0.0589 e. The molecule has 1 aliphatic heterocycles. The van der Waals surface area contributed by atoms with Crippen LogP contribution in [0.5, 0.6) is 0 Å². The molecular weight excluding hydrogens is 256 g/mol. The van der Waals surface area contributed by atoms with Crippen LogP contribution < -0.4 is 5.32 Å². The summed E-state index contributed by atoms with van der Waals surface area (Å²) in [5.41, 5.74) is 0.177. The molecule has 1 atom stereocenters. The Morgan fingerprint density at radius 2 is 2.25 bits per heavy atom. The number of methoxy groups -OCH3 is 1.